The molecule has 29 heavy (non-hydrogen) atoms. The first-order valence-electron chi connectivity index (χ1n) is 8.54. The summed E-state index contributed by atoms with van der Waals surface area (Å²) >= 11 is 5.95. The molecule has 0 fully saturated rings. The first kappa shape index (κ1) is 19.1. The molecule has 1 aliphatic rings. The SMILES string of the molecule is O=c1[nH]c(C=C2C=Nc3cc(Cl)ccc32)c(O)n1C(CO)c1ccc(F)c(F)c1. The Morgan fingerprint density at radius 3 is 2.72 bits per heavy atom. The van der Waals surface area contributed by atoms with Crippen LogP contribution in [0.1, 0.15) is 22.9 Å². The summed E-state index contributed by atoms with van der Waals surface area (Å²) in [6, 6.07) is 7.04. The normalized spacial score (nSPS) is 15.1. The zero-order valence-electron chi connectivity index (χ0n) is 14.7. The average Bonchev–Trinajstić information content (AvgIpc) is 3.20. The summed E-state index contributed by atoms with van der Waals surface area (Å²) in [4.78, 5) is 19.2. The van der Waals surface area contributed by atoms with E-state index in [1.165, 1.54) is 12.1 Å². The van der Waals surface area contributed by atoms with Gasteiger partial charge in [0.05, 0.1) is 18.3 Å². The maximum Gasteiger partial charge on any atom is 0.329 e. The van der Waals surface area contributed by atoms with E-state index in [4.69, 9.17) is 11.6 Å². The molecule has 2 heterocycles. The predicted molar refractivity (Wildman–Crippen MR) is 106 cm³/mol. The molecule has 0 bridgehead atoms. The van der Waals surface area contributed by atoms with Crippen LogP contribution in [-0.4, -0.2) is 32.6 Å². The van der Waals surface area contributed by atoms with Gasteiger partial charge in [0.15, 0.2) is 11.6 Å². The molecular formula is C20H14ClF2N3O3. The highest BCUT2D eigenvalue weighted by Gasteiger charge is 2.23. The van der Waals surface area contributed by atoms with E-state index in [9.17, 15) is 23.8 Å². The van der Waals surface area contributed by atoms with Crippen molar-refractivity contribution >= 4 is 35.2 Å². The van der Waals surface area contributed by atoms with Gasteiger partial charge in [0, 0.05) is 22.4 Å². The maximum atomic E-state index is 13.6. The topological polar surface area (TPSA) is 90.6 Å². The number of H-pyrrole nitrogens is 1. The summed E-state index contributed by atoms with van der Waals surface area (Å²) in [5.41, 5.74) is 1.55. The summed E-state index contributed by atoms with van der Waals surface area (Å²) in [7, 11) is 0. The number of benzene rings is 2. The fourth-order valence-corrected chi connectivity index (χ4v) is 3.40. The third kappa shape index (κ3) is 3.37. The lowest BCUT2D eigenvalue weighted by Crippen LogP contribution is -2.25. The molecule has 0 saturated carbocycles. The summed E-state index contributed by atoms with van der Waals surface area (Å²) < 4.78 is 27.7. The van der Waals surface area contributed by atoms with Gasteiger partial charge in [-0.05, 0) is 35.9 Å². The summed E-state index contributed by atoms with van der Waals surface area (Å²) in [6.07, 6.45) is 3.09. The van der Waals surface area contributed by atoms with Gasteiger partial charge in [-0.2, -0.15) is 0 Å². The molecular weight excluding hydrogens is 404 g/mol. The molecule has 1 atom stereocenters. The summed E-state index contributed by atoms with van der Waals surface area (Å²) in [5.74, 6) is -2.63. The molecule has 2 aromatic carbocycles. The standard InChI is InChI=1S/C20H14ClF2N3O3/c21-12-2-3-13-11(8-24-16(13)7-12)6-17-19(28)26(20(29)25-17)18(9-27)10-1-4-14(22)15(23)5-10/h1-8,18,27-28H,9H2,(H,25,29). The van der Waals surface area contributed by atoms with Gasteiger partial charge in [0.2, 0.25) is 5.88 Å². The first-order valence-corrected chi connectivity index (χ1v) is 8.92. The fraction of sp³-hybridized carbons (Fsp3) is 0.100. The number of imidazole rings is 1. The Labute approximate surface area is 168 Å². The molecule has 3 N–H and O–H groups in total. The average molecular weight is 418 g/mol. The minimum absolute atomic E-state index is 0.0836. The summed E-state index contributed by atoms with van der Waals surface area (Å²) in [6.45, 7) is -0.616. The van der Waals surface area contributed by atoms with Gasteiger partial charge in [-0.3, -0.25) is 9.56 Å². The van der Waals surface area contributed by atoms with Gasteiger partial charge in [-0.25, -0.2) is 13.6 Å². The molecule has 6 nitrogen and oxygen atoms in total. The lowest BCUT2D eigenvalue weighted by atomic mass is 10.1. The number of aromatic nitrogens is 2. The van der Waals surface area contributed by atoms with Gasteiger partial charge in [0.25, 0.3) is 0 Å². The number of rotatable bonds is 4. The lowest BCUT2D eigenvalue weighted by Gasteiger charge is -2.16. The van der Waals surface area contributed by atoms with Gasteiger partial charge in [-0.15, -0.1) is 0 Å². The minimum atomic E-state index is -1.12. The molecule has 9 heteroatoms. The number of hydrogen-bond acceptors (Lipinski definition) is 4. The number of aliphatic hydroxyl groups is 1. The largest absolute Gasteiger partial charge is 0.493 e. The van der Waals surface area contributed by atoms with Crippen LogP contribution in [0.15, 0.2) is 46.2 Å². The number of aromatic hydroxyl groups is 1. The molecule has 3 aromatic rings. The van der Waals surface area contributed by atoms with Gasteiger partial charge >= 0.3 is 5.69 Å². The molecule has 148 valence electrons. The van der Waals surface area contributed by atoms with E-state index in [-0.39, 0.29) is 11.3 Å². The number of aromatic amines is 1. The first-order chi connectivity index (χ1) is 13.9. The van der Waals surface area contributed by atoms with Crippen molar-refractivity contribution < 1.29 is 19.0 Å². The number of allylic oxidation sites excluding steroid dienone is 1. The Bertz CT molecular complexity index is 1230. The van der Waals surface area contributed by atoms with Crippen molar-refractivity contribution in [2.24, 2.45) is 4.99 Å². The number of fused-ring (bicyclic) bond motifs is 1. The van der Waals surface area contributed by atoms with E-state index < -0.39 is 35.9 Å². The van der Waals surface area contributed by atoms with E-state index in [1.807, 2.05) is 0 Å². The highest BCUT2D eigenvalue weighted by Crippen LogP contribution is 2.35. The van der Waals surface area contributed by atoms with Crippen LogP contribution >= 0.6 is 11.6 Å². The predicted octanol–water partition coefficient (Wildman–Crippen LogP) is 3.65. The zero-order chi connectivity index (χ0) is 20.7. The van der Waals surface area contributed by atoms with Crippen LogP contribution in [0.25, 0.3) is 11.6 Å². The van der Waals surface area contributed by atoms with Crippen LogP contribution in [0.2, 0.25) is 5.02 Å². The zero-order valence-corrected chi connectivity index (χ0v) is 15.5. The van der Waals surface area contributed by atoms with Gasteiger partial charge < -0.3 is 15.2 Å². The molecule has 0 amide bonds. The summed E-state index contributed by atoms with van der Waals surface area (Å²) in [5, 5.41) is 20.9. The Kier molecular flexibility index (Phi) is 4.81. The maximum absolute atomic E-state index is 13.6. The molecule has 0 radical (unpaired) electrons. The van der Waals surface area contributed by atoms with Crippen LogP contribution in [-0.2, 0) is 0 Å². The van der Waals surface area contributed by atoms with Crippen LogP contribution in [0.3, 0.4) is 0 Å². The Balaban J connectivity index is 1.77. The highest BCUT2D eigenvalue weighted by atomic mass is 35.5. The van der Waals surface area contributed by atoms with Crippen molar-refractivity contribution in [1.82, 2.24) is 9.55 Å². The van der Waals surface area contributed by atoms with Crippen molar-refractivity contribution in [3.8, 4) is 5.88 Å². The number of nitrogens with one attached hydrogen (secondary N) is 1. The number of halogens is 3. The molecule has 0 aliphatic carbocycles. The molecule has 4 rings (SSSR count). The Hall–Kier alpha value is -3.23. The molecule has 0 spiro atoms. The molecule has 1 aliphatic heterocycles. The third-order valence-corrected chi connectivity index (χ3v) is 4.89. The second-order valence-corrected chi connectivity index (χ2v) is 6.87. The van der Waals surface area contributed by atoms with Crippen LogP contribution < -0.4 is 5.69 Å². The van der Waals surface area contributed by atoms with Crippen molar-refractivity contribution in [3.05, 3.63) is 80.4 Å². The number of hydrogen-bond donors (Lipinski definition) is 3. The second-order valence-electron chi connectivity index (χ2n) is 6.43. The van der Waals surface area contributed by atoms with E-state index in [0.717, 1.165) is 22.3 Å². The second kappa shape index (κ2) is 7.31. The number of nitrogens with zero attached hydrogens (tertiary/aromatic N) is 2. The van der Waals surface area contributed by atoms with Gasteiger partial charge in [0.1, 0.15) is 5.69 Å². The van der Waals surface area contributed by atoms with Crippen molar-refractivity contribution in [1.29, 1.82) is 0 Å². The molecule has 1 unspecified atom stereocenters. The smallest absolute Gasteiger partial charge is 0.329 e. The van der Waals surface area contributed by atoms with Crippen LogP contribution in [0.4, 0.5) is 14.5 Å². The van der Waals surface area contributed by atoms with Crippen molar-refractivity contribution in [2.75, 3.05) is 6.61 Å². The van der Waals surface area contributed by atoms with Crippen LogP contribution in [0.5, 0.6) is 5.88 Å². The number of aliphatic hydroxyl groups excluding tert-OH is 1. The van der Waals surface area contributed by atoms with E-state index in [2.05, 4.69) is 9.98 Å². The molecule has 1 aromatic heterocycles. The lowest BCUT2D eigenvalue weighted by molar-refractivity contribution is 0.236. The monoisotopic (exact) mass is 417 g/mol. The van der Waals surface area contributed by atoms with E-state index in [0.29, 0.717) is 16.3 Å². The Morgan fingerprint density at radius 1 is 1.21 bits per heavy atom. The third-order valence-electron chi connectivity index (χ3n) is 4.66. The van der Waals surface area contributed by atoms with Crippen molar-refractivity contribution in [3.63, 3.8) is 0 Å². The quantitative estimate of drug-likeness (QED) is 0.605. The minimum Gasteiger partial charge on any atom is -0.493 e. The van der Waals surface area contributed by atoms with Crippen LogP contribution in [0, 0.1) is 11.6 Å². The van der Waals surface area contributed by atoms with Crippen molar-refractivity contribution in [2.45, 2.75) is 6.04 Å². The van der Waals surface area contributed by atoms with E-state index >= 15 is 0 Å². The fourth-order valence-electron chi connectivity index (χ4n) is 3.24. The highest BCUT2D eigenvalue weighted by molar-refractivity contribution is 6.31. The number of aliphatic imine (C=N–C) groups is 1. The van der Waals surface area contributed by atoms with Gasteiger partial charge in [-0.1, -0.05) is 23.7 Å². The Morgan fingerprint density at radius 2 is 2.00 bits per heavy atom. The van der Waals surface area contributed by atoms with E-state index in [1.54, 1.807) is 24.4 Å². The molecule has 0 saturated heterocycles.